The van der Waals surface area contributed by atoms with Crippen molar-refractivity contribution in [2.24, 2.45) is 5.92 Å². The molecule has 52 heavy (non-hydrogen) atoms. The van der Waals surface area contributed by atoms with E-state index < -0.39 is 116 Å². The summed E-state index contributed by atoms with van der Waals surface area (Å²) in [5.41, 5.74) is 0. The van der Waals surface area contributed by atoms with Crippen LogP contribution in [0, 0.1) is 5.92 Å². The molecule has 0 bridgehead atoms. The molecule has 2 saturated heterocycles. The summed E-state index contributed by atoms with van der Waals surface area (Å²) < 4.78 is 57.3. The molecule has 0 N–H and O–H groups in total. The monoisotopic (exact) mass is 742 g/mol. The standard InChI is InChI=1S/C35H50O17/c1-18(36)43-16-27-30(46-21(4)39)32(29(45-20(3)38)26(50-27)15-11-14-25-12-9-8-10-13-25)52-35-34(49-24(7)42)33(48-23(6)41)31(47-22(5)40)28(51-35)17-44-19(2)37/h11,14,25-35H,8-10,12-13,15-17H2,1-7H3/t26-,27-,28-,29-,30-,31-,32-,33+,34+,35-/m1/s1. The average Bonchev–Trinajstić information content (AvgIpc) is 3.03. The fourth-order valence-electron chi connectivity index (χ4n) is 6.52. The van der Waals surface area contributed by atoms with E-state index in [-0.39, 0.29) is 6.42 Å². The number of esters is 7. The number of allylic oxidation sites excluding steroid dienone is 1. The largest absolute Gasteiger partial charge is 0.463 e. The number of carbonyl (C=O) groups excluding carboxylic acids is 7. The number of rotatable bonds is 14. The van der Waals surface area contributed by atoms with Gasteiger partial charge in [-0.1, -0.05) is 31.4 Å². The highest BCUT2D eigenvalue weighted by molar-refractivity contribution is 5.69. The fourth-order valence-corrected chi connectivity index (χ4v) is 6.52. The van der Waals surface area contributed by atoms with Gasteiger partial charge in [0.15, 0.2) is 36.8 Å². The van der Waals surface area contributed by atoms with Crippen molar-refractivity contribution in [3.05, 3.63) is 12.2 Å². The van der Waals surface area contributed by atoms with Crippen molar-refractivity contribution in [2.45, 2.75) is 148 Å². The molecule has 2 aliphatic heterocycles. The fraction of sp³-hybridized carbons (Fsp3) is 0.743. The third-order valence-electron chi connectivity index (χ3n) is 8.45. The summed E-state index contributed by atoms with van der Waals surface area (Å²) >= 11 is 0. The maximum atomic E-state index is 12.6. The molecule has 0 amide bonds. The molecule has 292 valence electrons. The van der Waals surface area contributed by atoms with Gasteiger partial charge in [-0.25, -0.2) is 0 Å². The Hall–Kier alpha value is -4.09. The lowest BCUT2D eigenvalue weighted by Crippen LogP contribution is -2.67. The van der Waals surface area contributed by atoms with E-state index in [4.69, 9.17) is 47.4 Å². The van der Waals surface area contributed by atoms with Crippen molar-refractivity contribution in [3.63, 3.8) is 0 Å². The van der Waals surface area contributed by atoms with Crippen LogP contribution in [0.3, 0.4) is 0 Å². The molecule has 3 rings (SSSR count). The van der Waals surface area contributed by atoms with E-state index >= 15 is 0 Å². The van der Waals surface area contributed by atoms with Crippen LogP contribution < -0.4 is 0 Å². The van der Waals surface area contributed by atoms with Gasteiger partial charge >= 0.3 is 41.8 Å². The predicted molar refractivity (Wildman–Crippen MR) is 174 cm³/mol. The zero-order valence-electron chi connectivity index (χ0n) is 30.6. The summed E-state index contributed by atoms with van der Waals surface area (Å²) in [6, 6.07) is 0. The number of hydrogen-bond donors (Lipinski definition) is 0. The van der Waals surface area contributed by atoms with Crippen LogP contribution in [0.4, 0.5) is 0 Å². The van der Waals surface area contributed by atoms with Gasteiger partial charge in [0.2, 0.25) is 0 Å². The lowest BCUT2D eigenvalue weighted by Gasteiger charge is -2.49. The van der Waals surface area contributed by atoms with E-state index in [9.17, 15) is 33.6 Å². The molecule has 0 unspecified atom stereocenters. The molecule has 0 radical (unpaired) electrons. The Morgan fingerprint density at radius 2 is 0.923 bits per heavy atom. The highest BCUT2D eigenvalue weighted by atomic mass is 16.8. The Bertz CT molecular complexity index is 1310. The molecular formula is C35H50O17. The van der Waals surface area contributed by atoms with Crippen LogP contribution in [0.2, 0.25) is 0 Å². The lowest BCUT2D eigenvalue weighted by molar-refractivity contribution is -0.344. The van der Waals surface area contributed by atoms with E-state index in [1.165, 1.54) is 6.92 Å². The van der Waals surface area contributed by atoms with Gasteiger partial charge in [-0.05, 0) is 25.2 Å². The van der Waals surface area contributed by atoms with Crippen LogP contribution in [0.5, 0.6) is 0 Å². The van der Waals surface area contributed by atoms with E-state index in [0.29, 0.717) is 5.92 Å². The van der Waals surface area contributed by atoms with Gasteiger partial charge in [-0.2, -0.15) is 0 Å². The lowest BCUT2D eigenvalue weighted by atomic mass is 9.88. The molecule has 3 aliphatic rings. The quantitative estimate of drug-likeness (QED) is 0.142. The normalized spacial score (nSPS) is 30.8. The molecule has 10 atom stereocenters. The summed E-state index contributed by atoms with van der Waals surface area (Å²) in [6.45, 7) is 6.87. The second-order valence-corrected chi connectivity index (χ2v) is 12.9. The molecule has 2 heterocycles. The minimum absolute atomic E-state index is 0.191. The molecule has 0 aromatic carbocycles. The van der Waals surface area contributed by atoms with Gasteiger partial charge in [0.05, 0.1) is 0 Å². The number of hydrogen-bond acceptors (Lipinski definition) is 17. The Morgan fingerprint density at radius 3 is 1.40 bits per heavy atom. The first-order chi connectivity index (χ1) is 24.5. The topological polar surface area (TPSA) is 212 Å². The van der Waals surface area contributed by atoms with Crippen molar-refractivity contribution in [3.8, 4) is 0 Å². The molecule has 17 nitrogen and oxygen atoms in total. The van der Waals surface area contributed by atoms with E-state index in [2.05, 4.69) is 6.08 Å². The molecule has 0 aromatic heterocycles. The van der Waals surface area contributed by atoms with Crippen molar-refractivity contribution < 1.29 is 80.9 Å². The Morgan fingerprint density at radius 1 is 0.500 bits per heavy atom. The predicted octanol–water partition coefficient (Wildman–Crippen LogP) is 2.18. The van der Waals surface area contributed by atoms with Crippen LogP contribution in [0.25, 0.3) is 0 Å². The van der Waals surface area contributed by atoms with Crippen LogP contribution in [-0.2, 0) is 80.9 Å². The Labute approximate surface area is 302 Å². The number of ether oxygens (including phenoxy) is 10. The van der Waals surface area contributed by atoms with Crippen molar-refractivity contribution in [1.29, 1.82) is 0 Å². The SMILES string of the molecule is CC(=O)OC[C@H]1O[C@H](CC=CC2CCCCC2)[C@@H](OC(C)=O)[C@@H](O[C@H]2O[C@H](COC(C)=O)[C@@H](OC(C)=O)[C@H](OC(C)=O)[C@@H]2OC(C)=O)[C@@H]1OC(C)=O. The maximum Gasteiger partial charge on any atom is 0.303 e. The first-order valence-corrected chi connectivity index (χ1v) is 17.3. The first-order valence-electron chi connectivity index (χ1n) is 17.3. The van der Waals surface area contributed by atoms with Crippen molar-refractivity contribution in [1.82, 2.24) is 0 Å². The molecular weight excluding hydrogens is 692 g/mol. The summed E-state index contributed by atoms with van der Waals surface area (Å²) in [5.74, 6) is -5.14. The van der Waals surface area contributed by atoms with Gasteiger partial charge in [0.25, 0.3) is 0 Å². The zero-order chi connectivity index (χ0) is 38.5. The van der Waals surface area contributed by atoms with Gasteiger partial charge < -0.3 is 47.4 Å². The maximum absolute atomic E-state index is 12.6. The average molecular weight is 743 g/mol. The first kappa shape index (κ1) is 42.3. The summed E-state index contributed by atoms with van der Waals surface area (Å²) in [7, 11) is 0. The van der Waals surface area contributed by atoms with Gasteiger partial charge in [-0.3, -0.25) is 33.6 Å². The van der Waals surface area contributed by atoms with E-state index in [1.807, 2.05) is 6.08 Å². The molecule has 1 saturated carbocycles. The second-order valence-electron chi connectivity index (χ2n) is 12.9. The zero-order valence-corrected chi connectivity index (χ0v) is 30.6. The van der Waals surface area contributed by atoms with Crippen LogP contribution >= 0.6 is 0 Å². The molecule has 0 aromatic rings. The highest BCUT2D eigenvalue weighted by Gasteiger charge is 2.57. The van der Waals surface area contributed by atoms with Crippen LogP contribution in [-0.4, -0.2) is 116 Å². The molecule has 1 aliphatic carbocycles. The summed E-state index contributed by atoms with van der Waals surface area (Å²) in [6.07, 6.45) is -4.51. The van der Waals surface area contributed by atoms with Gasteiger partial charge in [0.1, 0.15) is 37.6 Å². The summed E-state index contributed by atoms with van der Waals surface area (Å²) in [5, 5.41) is 0. The summed E-state index contributed by atoms with van der Waals surface area (Å²) in [4.78, 5) is 85.8. The number of carbonyl (C=O) groups is 7. The van der Waals surface area contributed by atoms with Crippen molar-refractivity contribution >= 4 is 41.8 Å². The molecule has 0 spiro atoms. The Kier molecular flexibility index (Phi) is 16.5. The van der Waals surface area contributed by atoms with Crippen LogP contribution in [0.15, 0.2) is 12.2 Å². The van der Waals surface area contributed by atoms with E-state index in [1.54, 1.807) is 0 Å². The molecule has 17 heteroatoms. The van der Waals surface area contributed by atoms with E-state index in [0.717, 1.165) is 73.6 Å². The highest BCUT2D eigenvalue weighted by Crippen LogP contribution is 2.36. The second kappa shape index (κ2) is 20.2. The third kappa shape index (κ3) is 13.2. The minimum Gasteiger partial charge on any atom is -0.463 e. The third-order valence-corrected chi connectivity index (χ3v) is 8.45. The Balaban J connectivity index is 2.14. The molecule has 3 fully saturated rings. The van der Waals surface area contributed by atoms with Gasteiger partial charge in [-0.15, -0.1) is 0 Å². The van der Waals surface area contributed by atoms with Crippen LogP contribution in [0.1, 0.15) is 87.0 Å². The smallest absolute Gasteiger partial charge is 0.303 e. The van der Waals surface area contributed by atoms with Gasteiger partial charge in [0, 0.05) is 48.5 Å². The van der Waals surface area contributed by atoms with Crippen molar-refractivity contribution in [2.75, 3.05) is 13.2 Å². The minimum atomic E-state index is -1.73.